The summed E-state index contributed by atoms with van der Waals surface area (Å²) in [4.78, 5) is 0. The van der Waals surface area contributed by atoms with Crippen molar-refractivity contribution in [2.24, 2.45) is 10.8 Å². The Hall–Kier alpha value is -2.22. The molecule has 1 unspecified atom stereocenters. The Balaban J connectivity index is 0.00000166. The molecule has 1 heterocycles. The second kappa shape index (κ2) is 10.9. The number of rotatable bonds is 7. The second-order valence-electron chi connectivity index (χ2n) is 9.70. The summed E-state index contributed by atoms with van der Waals surface area (Å²) in [6, 6.07) is 7.19. The van der Waals surface area contributed by atoms with Crippen LogP contribution in [0.5, 0.6) is 0 Å². The molecule has 1 aromatic carbocycles. The Labute approximate surface area is 191 Å². The van der Waals surface area contributed by atoms with Gasteiger partial charge in [-0.1, -0.05) is 91.8 Å². The highest BCUT2D eigenvalue weighted by molar-refractivity contribution is 5.65. The fourth-order valence-electron chi connectivity index (χ4n) is 4.75. The highest BCUT2D eigenvalue weighted by Crippen LogP contribution is 2.50. The molecule has 1 fully saturated rings. The summed E-state index contributed by atoms with van der Waals surface area (Å²) in [5.41, 5.74) is 6.51. The molecule has 170 valence electrons. The molecule has 1 atom stereocenters. The number of benzene rings is 1. The minimum atomic E-state index is -0.00886. The zero-order chi connectivity index (χ0) is 23.1. The van der Waals surface area contributed by atoms with Gasteiger partial charge in [0.2, 0.25) is 0 Å². The number of anilines is 2. The summed E-state index contributed by atoms with van der Waals surface area (Å²) in [5.74, 6) is 0. The van der Waals surface area contributed by atoms with Gasteiger partial charge in [-0.3, -0.25) is 0 Å². The summed E-state index contributed by atoms with van der Waals surface area (Å²) in [6.45, 7) is 21.6. The minimum Gasteiger partial charge on any atom is -0.381 e. The largest absolute Gasteiger partial charge is 0.381 e. The van der Waals surface area contributed by atoms with Crippen LogP contribution in [0.1, 0.15) is 79.2 Å². The van der Waals surface area contributed by atoms with Crippen LogP contribution in [-0.2, 0) is 6.42 Å². The number of hydrogen-bond acceptors (Lipinski definition) is 2. The molecule has 0 spiro atoms. The highest BCUT2D eigenvalue weighted by atomic mass is 15.0. The van der Waals surface area contributed by atoms with E-state index in [1.165, 1.54) is 29.7 Å². The van der Waals surface area contributed by atoms with Crippen molar-refractivity contribution in [1.29, 1.82) is 0 Å². The molecule has 0 amide bonds. The lowest BCUT2D eigenvalue weighted by molar-refractivity contribution is 0.347. The Morgan fingerprint density at radius 2 is 1.90 bits per heavy atom. The highest BCUT2D eigenvalue weighted by Gasteiger charge is 2.39. The van der Waals surface area contributed by atoms with Crippen LogP contribution in [0.2, 0.25) is 0 Å². The molecular formula is C29H44N2. The Morgan fingerprint density at radius 3 is 2.48 bits per heavy atom. The fourth-order valence-corrected chi connectivity index (χ4v) is 4.75. The van der Waals surface area contributed by atoms with Gasteiger partial charge in [-0.15, -0.1) is 0 Å². The third-order valence-corrected chi connectivity index (χ3v) is 6.62. The number of hydrogen-bond donors (Lipinski definition) is 2. The van der Waals surface area contributed by atoms with Gasteiger partial charge in [0.15, 0.2) is 0 Å². The lowest BCUT2D eigenvalue weighted by atomic mass is 9.75. The van der Waals surface area contributed by atoms with E-state index < -0.39 is 0 Å². The molecule has 31 heavy (non-hydrogen) atoms. The standard InChI is InChI=1S/C27H38N2.C2H6/c1-7-9-13-22(12-8-2)27(16-10-11-17-27)20(3)28-23-14-15-24-21(18-23)19-25(29-24)26(4,5)6;1-2/h8-9,12-15,18,25,28-29H,2-3,7,10-11,16-17,19H2,1,4-6H3;1-2H3/b13-9-,22-12+;. The zero-order valence-corrected chi connectivity index (χ0v) is 20.8. The van der Waals surface area contributed by atoms with E-state index in [2.05, 4.69) is 87.9 Å². The molecule has 0 saturated heterocycles. The van der Waals surface area contributed by atoms with Crippen molar-refractivity contribution < 1.29 is 0 Å². The van der Waals surface area contributed by atoms with Crippen LogP contribution in [-0.4, -0.2) is 6.04 Å². The zero-order valence-electron chi connectivity index (χ0n) is 20.8. The van der Waals surface area contributed by atoms with Crippen molar-refractivity contribution in [2.45, 2.75) is 86.1 Å². The molecule has 1 aliphatic carbocycles. The quantitative estimate of drug-likeness (QED) is 0.431. The van der Waals surface area contributed by atoms with E-state index in [1.54, 1.807) is 0 Å². The third kappa shape index (κ3) is 5.73. The SMILES string of the molecule is C=C/C=C(\C=C/CC)C1(C(=C)Nc2ccc3c(c2)CC(C(C)(C)C)N3)CCCC1.CC. The van der Waals surface area contributed by atoms with Crippen LogP contribution in [0.25, 0.3) is 0 Å². The van der Waals surface area contributed by atoms with Crippen molar-refractivity contribution in [2.75, 3.05) is 10.6 Å². The van der Waals surface area contributed by atoms with E-state index in [0.717, 1.165) is 37.1 Å². The van der Waals surface area contributed by atoms with Gasteiger partial charge in [0.25, 0.3) is 0 Å². The van der Waals surface area contributed by atoms with Crippen molar-refractivity contribution >= 4 is 11.4 Å². The van der Waals surface area contributed by atoms with E-state index in [-0.39, 0.29) is 10.8 Å². The van der Waals surface area contributed by atoms with E-state index >= 15 is 0 Å². The second-order valence-corrected chi connectivity index (χ2v) is 9.70. The first-order valence-electron chi connectivity index (χ1n) is 12.2. The van der Waals surface area contributed by atoms with Gasteiger partial charge in [-0.05, 0) is 60.4 Å². The summed E-state index contributed by atoms with van der Waals surface area (Å²) < 4.78 is 0. The first kappa shape index (κ1) is 25.0. The van der Waals surface area contributed by atoms with Gasteiger partial charge in [0.05, 0.1) is 0 Å². The Bertz CT molecular complexity index is 814. The summed E-state index contributed by atoms with van der Waals surface area (Å²) in [6.07, 6.45) is 15.5. The van der Waals surface area contributed by atoms with E-state index in [9.17, 15) is 0 Å². The van der Waals surface area contributed by atoms with Crippen LogP contribution < -0.4 is 10.6 Å². The molecule has 0 aromatic heterocycles. The van der Waals surface area contributed by atoms with Gasteiger partial charge in [0, 0.05) is 28.5 Å². The van der Waals surface area contributed by atoms with Crippen molar-refractivity contribution in [3.8, 4) is 0 Å². The normalized spacial score (nSPS) is 19.9. The molecule has 1 aromatic rings. The van der Waals surface area contributed by atoms with Gasteiger partial charge in [-0.25, -0.2) is 0 Å². The lowest BCUT2D eigenvalue weighted by Gasteiger charge is -2.34. The molecule has 2 heteroatoms. The topological polar surface area (TPSA) is 24.1 Å². The Morgan fingerprint density at radius 1 is 1.23 bits per heavy atom. The molecule has 3 rings (SSSR count). The van der Waals surface area contributed by atoms with Crippen LogP contribution in [0.15, 0.2) is 66.9 Å². The Kier molecular flexibility index (Phi) is 8.79. The van der Waals surface area contributed by atoms with Crippen LogP contribution in [0.3, 0.4) is 0 Å². The summed E-state index contributed by atoms with van der Waals surface area (Å²) in [5, 5.41) is 7.39. The lowest BCUT2D eigenvalue weighted by Crippen LogP contribution is -2.31. The number of nitrogens with one attached hydrogen (secondary N) is 2. The smallest absolute Gasteiger partial charge is 0.0386 e. The van der Waals surface area contributed by atoms with Crippen LogP contribution in [0.4, 0.5) is 11.4 Å². The predicted octanol–water partition coefficient (Wildman–Crippen LogP) is 8.66. The number of allylic oxidation sites excluding steroid dienone is 5. The number of fused-ring (bicyclic) bond motifs is 1. The molecule has 2 nitrogen and oxygen atoms in total. The van der Waals surface area contributed by atoms with Crippen molar-refractivity contribution in [3.63, 3.8) is 0 Å². The average molecular weight is 421 g/mol. The molecule has 2 aliphatic rings. The first-order chi connectivity index (χ1) is 14.8. The molecule has 2 N–H and O–H groups in total. The molecule has 1 aliphatic heterocycles. The fraction of sp³-hybridized carbons (Fsp3) is 0.517. The van der Waals surface area contributed by atoms with Gasteiger partial charge >= 0.3 is 0 Å². The van der Waals surface area contributed by atoms with Crippen molar-refractivity contribution in [3.05, 3.63) is 72.5 Å². The minimum absolute atomic E-state index is 0.00886. The average Bonchev–Trinajstić information content (AvgIpc) is 3.40. The maximum Gasteiger partial charge on any atom is 0.0386 e. The van der Waals surface area contributed by atoms with Gasteiger partial charge < -0.3 is 10.6 Å². The molecular weight excluding hydrogens is 376 g/mol. The van der Waals surface area contributed by atoms with E-state index in [1.807, 2.05) is 19.9 Å². The van der Waals surface area contributed by atoms with Gasteiger partial charge in [-0.2, -0.15) is 0 Å². The van der Waals surface area contributed by atoms with E-state index in [4.69, 9.17) is 0 Å². The monoisotopic (exact) mass is 420 g/mol. The molecule has 1 saturated carbocycles. The molecule has 0 bridgehead atoms. The third-order valence-electron chi connectivity index (χ3n) is 6.62. The van der Waals surface area contributed by atoms with E-state index in [0.29, 0.717) is 6.04 Å². The van der Waals surface area contributed by atoms with Gasteiger partial charge in [0.1, 0.15) is 0 Å². The summed E-state index contributed by atoms with van der Waals surface area (Å²) >= 11 is 0. The maximum atomic E-state index is 4.53. The summed E-state index contributed by atoms with van der Waals surface area (Å²) in [7, 11) is 0. The van der Waals surface area contributed by atoms with Crippen molar-refractivity contribution in [1.82, 2.24) is 0 Å². The maximum absolute atomic E-state index is 4.53. The predicted molar refractivity (Wildman–Crippen MR) is 140 cm³/mol. The molecule has 0 radical (unpaired) electrons. The van der Waals surface area contributed by atoms with Crippen LogP contribution >= 0.6 is 0 Å². The first-order valence-corrected chi connectivity index (χ1v) is 12.2. The van der Waals surface area contributed by atoms with Crippen LogP contribution in [0, 0.1) is 10.8 Å².